The minimum absolute atomic E-state index is 0.0254. The first-order valence-corrected chi connectivity index (χ1v) is 5.80. The molecule has 1 rings (SSSR count). The molecule has 0 bridgehead atoms. The van der Waals surface area contributed by atoms with Crippen LogP contribution in [0, 0.1) is 0 Å². The van der Waals surface area contributed by atoms with Gasteiger partial charge in [0.2, 0.25) is 0 Å². The first-order chi connectivity index (χ1) is 8.26. The molecule has 1 unspecified atom stereocenters. The maximum atomic E-state index is 11.5. The van der Waals surface area contributed by atoms with Gasteiger partial charge in [-0.05, 0) is 30.5 Å². The van der Waals surface area contributed by atoms with E-state index in [-0.39, 0.29) is 18.7 Å². The van der Waals surface area contributed by atoms with Gasteiger partial charge in [0.25, 0.3) is 0 Å². The topological polar surface area (TPSA) is 74.2 Å². The molecule has 0 fully saturated rings. The monoisotopic (exact) mass is 237 g/mol. The van der Waals surface area contributed by atoms with Crippen LogP contribution in [0.1, 0.15) is 25.3 Å². The second-order valence-corrected chi connectivity index (χ2v) is 3.80. The quantitative estimate of drug-likeness (QED) is 0.692. The van der Waals surface area contributed by atoms with Gasteiger partial charge in [-0.1, -0.05) is 6.92 Å². The average molecular weight is 237 g/mol. The van der Waals surface area contributed by atoms with Crippen LogP contribution < -0.4 is 10.6 Å². The van der Waals surface area contributed by atoms with Gasteiger partial charge in [-0.15, -0.1) is 0 Å². The van der Waals surface area contributed by atoms with Crippen molar-refractivity contribution in [3.63, 3.8) is 0 Å². The number of aliphatic hydroxyl groups is 1. The maximum absolute atomic E-state index is 11.5. The van der Waals surface area contributed by atoms with Gasteiger partial charge in [-0.25, -0.2) is 4.79 Å². The number of nitrogens with zero attached hydrogens (tertiary/aromatic N) is 1. The summed E-state index contributed by atoms with van der Waals surface area (Å²) in [6, 6.07) is 3.52. The summed E-state index contributed by atoms with van der Waals surface area (Å²) in [7, 11) is 0. The highest BCUT2D eigenvalue weighted by molar-refractivity contribution is 5.74. The number of hydrogen-bond donors (Lipinski definition) is 3. The first kappa shape index (κ1) is 13.4. The Bertz CT molecular complexity index is 330. The molecule has 1 aromatic rings. The molecule has 0 saturated carbocycles. The Morgan fingerprint density at radius 3 is 2.76 bits per heavy atom. The molecular formula is C12H19N3O2. The van der Waals surface area contributed by atoms with Gasteiger partial charge < -0.3 is 15.7 Å². The van der Waals surface area contributed by atoms with Crippen molar-refractivity contribution in [2.75, 3.05) is 6.61 Å². The highest BCUT2D eigenvalue weighted by atomic mass is 16.3. The Morgan fingerprint density at radius 1 is 1.47 bits per heavy atom. The van der Waals surface area contributed by atoms with Gasteiger partial charge in [-0.3, -0.25) is 4.98 Å². The molecule has 3 N–H and O–H groups in total. The minimum atomic E-state index is -0.206. The van der Waals surface area contributed by atoms with Crippen LogP contribution in [0.4, 0.5) is 4.79 Å². The fraction of sp³-hybridized carbons (Fsp3) is 0.500. The van der Waals surface area contributed by atoms with Crippen LogP contribution >= 0.6 is 0 Å². The van der Waals surface area contributed by atoms with Crippen LogP contribution in [0.5, 0.6) is 0 Å². The highest BCUT2D eigenvalue weighted by Gasteiger charge is 2.08. The van der Waals surface area contributed by atoms with Crippen molar-refractivity contribution in [2.45, 2.75) is 32.4 Å². The lowest BCUT2D eigenvalue weighted by atomic mass is 10.2. The zero-order valence-electron chi connectivity index (χ0n) is 10.0. The van der Waals surface area contributed by atoms with Gasteiger partial charge in [0.15, 0.2) is 0 Å². The molecule has 5 heteroatoms. The number of nitrogens with one attached hydrogen (secondary N) is 2. The molecule has 94 valence electrons. The predicted octanol–water partition coefficient (Wildman–Crippen LogP) is 1.04. The number of amides is 2. The van der Waals surface area contributed by atoms with Crippen molar-refractivity contribution >= 4 is 6.03 Å². The lowest BCUT2D eigenvalue weighted by Crippen LogP contribution is -2.41. The summed E-state index contributed by atoms with van der Waals surface area (Å²) in [4.78, 5) is 15.4. The van der Waals surface area contributed by atoms with E-state index in [9.17, 15) is 4.79 Å². The van der Waals surface area contributed by atoms with E-state index in [1.807, 2.05) is 19.1 Å². The van der Waals surface area contributed by atoms with Gasteiger partial charge in [-0.2, -0.15) is 0 Å². The summed E-state index contributed by atoms with van der Waals surface area (Å²) in [5.41, 5.74) is 1.00. The number of rotatable bonds is 6. The predicted molar refractivity (Wildman–Crippen MR) is 65.4 cm³/mol. The SMILES string of the molecule is CCC(CCO)NC(=O)NCc1ccncc1. The molecule has 17 heavy (non-hydrogen) atoms. The molecule has 0 spiro atoms. The molecule has 0 aliphatic heterocycles. The molecule has 5 nitrogen and oxygen atoms in total. The number of aromatic nitrogens is 1. The molecule has 1 aromatic heterocycles. The number of aliphatic hydroxyl groups excluding tert-OH is 1. The van der Waals surface area contributed by atoms with Crippen molar-refractivity contribution < 1.29 is 9.90 Å². The van der Waals surface area contributed by atoms with Crippen LogP contribution in [0.25, 0.3) is 0 Å². The van der Waals surface area contributed by atoms with Crippen LogP contribution in [0.3, 0.4) is 0 Å². The van der Waals surface area contributed by atoms with E-state index < -0.39 is 0 Å². The van der Waals surface area contributed by atoms with Crippen molar-refractivity contribution in [1.29, 1.82) is 0 Å². The summed E-state index contributed by atoms with van der Waals surface area (Å²) < 4.78 is 0. The zero-order chi connectivity index (χ0) is 12.5. The Morgan fingerprint density at radius 2 is 2.18 bits per heavy atom. The molecule has 2 amide bonds. The average Bonchev–Trinajstić information content (AvgIpc) is 2.37. The minimum Gasteiger partial charge on any atom is -0.396 e. The Balaban J connectivity index is 2.30. The van der Waals surface area contributed by atoms with Gasteiger partial charge >= 0.3 is 6.03 Å². The van der Waals surface area contributed by atoms with E-state index in [2.05, 4.69) is 15.6 Å². The Labute approximate surface area is 101 Å². The zero-order valence-corrected chi connectivity index (χ0v) is 10.0. The second-order valence-electron chi connectivity index (χ2n) is 3.80. The number of carbonyl (C=O) groups is 1. The summed E-state index contributed by atoms with van der Waals surface area (Å²) in [6.45, 7) is 2.54. The summed E-state index contributed by atoms with van der Waals surface area (Å²) in [5, 5.41) is 14.4. The van der Waals surface area contributed by atoms with Gasteiger partial charge in [0.05, 0.1) is 0 Å². The van der Waals surface area contributed by atoms with E-state index in [0.717, 1.165) is 12.0 Å². The lowest BCUT2D eigenvalue weighted by molar-refractivity contribution is 0.227. The van der Waals surface area contributed by atoms with E-state index in [4.69, 9.17) is 5.11 Å². The van der Waals surface area contributed by atoms with Crippen molar-refractivity contribution in [3.8, 4) is 0 Å². The maximum Gasteiger partial charge on any atom is 0.315 e. The molecule has 0 aliphatic rings. The first-order valence-electron chi connectivity index (χ1n) is 5.80. The Kier molecular flexibility index (Phi) is 6.03. The van der Waals surface area contributed by atoms with Crippen LogP contribution in [0.2, 0.25) is 0 Å². The molecule has 0 saturated heterocycles. The lowest BCUT2D eigenvalue weighted by Gasteiger charge is -2.16. The number of pyridine rings is 1. The number of hydrogen-bond acceptors (Lipinski definition) is 3. The molecule has 1 heterocycles. The second kappa shape index (κ2) is 7.62. The van der Waals surface area contributed by atoms with Crippen molar-refractivity contribution in [3.05, 3.63) is 30.1 Å². The largest absolute Gasteiger partial charge is 0.396 e. The smallest absolute Gasteiger partial charge is 0.315 e. The summed E-state index contributed by atoms with van der Waals surface area (Å²) in [5.74, 6) is 0. The van der Waals surface area contributed by atoms with E-state index in [1.165, 1.54) is 0 Å². The number of urea groups is 1. The standard InChI is InChI=1S/C12H19N3O2/c1-2-11(5-8-16)15-12(17)14-9-10-3-6-13-7-4-10/h3-4,6-7,11,16H,2,5,8-9H2,1H3,(H2,14,15,17). The molecule has 0 aromatic carbocycles. The van der Waals surface area contributed by atoms with Crippen molar-refractivity contribution in [1.82, 2.24) is 15.6 Å². The van der Waals surface area contributed by atoms with Crippen molar-refractivity contribution in [2.24, 2.45) is 0 Å². The summed E-state index contributed by atoms with van der Waals surface area (Å²) in [6.07, 6.45) is 4.77. The fourth-order valence-corrected chi connectivity index (χ4v) is 1.45. The van der Waals surface area contributed by atoms with E-state index in [1.54, 1.807) is 12.4 Å². The molecule has 0 radical (unpaired) electrons. The molecule has 1 atom stereocenters. The summed E-state index contributed by atoms with van der Waals surface area (Å²) >= 11 is 0. The van der Waals surface area contributed by atoms with Crippen LogP contribution in [-0.4, -0.2) is 28.8 Å². The number of carbonyl (C=O) groups excluding carboxylic acids is 1. The van der Waals surface area contributed by atoms with E-state index >= 15 is 0 Å². The molecular weight excluding hydrogens is 218 g/mol. The van der Waals surface area contributed by atoms with Gasteiger partial charge in [0, 0.05) is 31.6 Å². The highest BCUT2D eigenvalue weighted by Crippen LogP contribution is 1.97. The third-order valence-electron chi connectivity index (χ3n) is 2.51. The van der Waals surface area contributed by atoms with Crippen LogP contribution in [-0.2, 0) is 6.54 Å². The van der Waals surface area contributed by atoms with Crippen LogP contribution in [0.15, 0.2) is 24.5 Å². The molecule has 0 aliphatic carbocycles. The normalized spacial score (nSPS) is 11.9. The van der Waals surface area contributed by atoms with Gasteiger partial charge in [0.1, 0.15) is 0 Å². The third kappa shape index (κ3) is 5.31. The fourth-order valence-electron chi connectivity index (χ4n) is 1.45. The Hall–Kier alpha value is -1.62. The third-order valence-corrected chi connectivity index (χ3v) is 2.51. The van der Waals surface area contributed by atoms with E-state index in [0.29, 0.717) is 13.0 Å².